The summed E-state index contributed by atoms with van der Waals surface area (Å²) in [7, 11) is 0. The normalized spacial score (nSPS) is 12.2. The lowest BCUT2D eigenvalue weighted by Crippen LogP contribution is -2.10. The second-order valence-electron chi connectivity index (χ2n) is 4.59. The van der Waals surface area contributed by atoms with Crippen molar-refractivity contribution in [3.63, 3.8) is 0 Å². The fourth-order valence-electron chi connectivity index (χ4n) is 1.93. The molecule has 2 aromatic rings. The lowest BCUT2D eigenvalue weighted by molar-refractivity contribution is 0.299. The molecule has 0 unspecified atom stereocenters. The van der Waals surface area contributed by atoms with Crippen molar-refractivity contribution in [2.24, 2.45) is 5.73 Å². The van der Waals surface area contributed by atoms with E-state index in [0.29, 0.717) is 11.3 Å². The molecule has 4 heteroatoms. The second-order valence-corrected chi connectivity index (χ2v) is 4.59. The monoisotopic (exact) mass is 277 g/mol. The molecule has 2 nitrogen and oxygen atoms in total. The fraction of sp³-hybridized carbons (Fsp3) is 0.250. The molecule has 0 aromatic heterocycles. The van der Waals surface area contributed by atoms with Crippen LogP contribution in [0.25, 0.3) is 0 Å². The summed E-state index contributed by atoms with van der Waals surface area (Å²) in [6, 6.07) is 11.1. The summed E-state index contributed by atoms with van der Waals surface area (Å²) < 4.78 is 31.6. The molecule has 20 heavy (non-hydrogen) atoms. The van der Waals surface area contributed by atoms with Crippen LogP contribution < -0.4 is 10.5 Å². The highest BCUT2D eigenvalue weighted by atomic mass is 19.2. The first kappa shape index (κ1) is 14.5. The maximum atomic E-state index is 13.1. The predicted molar refractivity (Wildman–Crippen MR) is 74.4 cm³/mol. The summed E-state index contributed by atoms with van der Waals surface area (Å²) in [6.45, 7) is 2.17. The molecule has 0 saturated heterocycles. The minimum absolute atomic E-state index is 0.101. The summed E-state index contributed by atoms with van der Waals surface area (Å²) in [5, 5.41) is 0. The van der Waals surface area contributed by atoms with Gasteiger partial charge in [-0.05, 0) is 30.2 Å². The summed E-state index contributed by atoms with van der Waals surface area (Å²) in [4.78, 5) is 0. The van der Waals surface area contributed by atoms with Gasteiger partial charge >= 0.3 is 0 Å². The van der Waals surface area contributed by atoms with Crippen molar-refractivity contribution in [3.05, 3.63) is 65.2 Å². The molecule has 0 aliphatic heterocycles. The minimum Gasteiger partial charge on any atom is -0.489 e. The molecular weight excluding hydrogens is 260 g/mol. The van der Waals surface area contributed by atoms with Gasteiger partial charge in [-0.2, -0.15) is 0 Å². The van der Waals surface area contributed by atoms with E-state index in [4.69, 9.17) is 10.5 Å². The van der Waals surface area contributed by atoms with E-state index in [0.717, 1.165) is 24.1 Å². The number of halogens is 2. The molecule has 0 aliphatic rings. The summed E-state index contributed by atoms with van der Waals surface area (Å²) in [6.07, 6.45) is 0.797. The van der Waals surface area contributed by atoms with E-state index in [2.05, 4.69) is 0 Å². The third-order valence-corrected chi connectivity index (χ3v) is 3.14. The molecule has 0 fully saturated rings. The van der Waals surface area contributed by atoms with Crippen LogP contribution in [0.15, 0.2) is 42.5 Å². The fourth-order valence-corrected chi connectivity index (χ4v) is 1.93. The van der Waals surface area contributed by atoms with Gasteiger partial charge in [0.1, 0.15) is 12.4 Å². The molecular formula is C16H17F2NO. The molecule has 0 bridgehead atoms. The first-order valence-corrected chi connectivity index (χ1v) is 6.53. The highest BCUT2D eigenvalue weighted by molar-refractivity contribution is 5.36. The number of hydrogen-bond acceptors (Lipinski definition) is 2. The number of rotatable bonds is 5. The molecule has 1 atom stereocenters. The number of hydrogen-bond donors (Lipinski definition) is 1. The predicted octanol–water partition coefficient (Wildman–Crippen LogP) is 3.95. The zero-order chi connectivity index (χ0) is 14.5. The maximum Gasteiger partial charge on any atom is 0.159 e. The maximum absolute atomic E-state index is 13.1. The van der Waals surface area contributed by atoms with Crippen LogP contribution in [0.5, 0.6) is 5.75 Å². The van der Waals surface area contributed by atoms with Gasteiger partial charge in [-0.3, -0.25) is 0 Å². The smallest absolute Gasteiger partial charge is 0.159 e. The topological polar surface area (TPSA) is 35.2 Å². The molecule has 2 N–H and O–H groups in total. The first-order valence-electron chi connectivity index (χ1n) is 6.53. The molecule has 0 heterocycles. The average Bonchev–Trinajstić information content (AvgIpc) is 2.48. The van der Waals surface area contributed by atoms with Crippen LogP contribution >= 0.6 is 0 Å². The first-order chi connectivity index (χ1) is 9.61. The SMILES string of the molecule is CC[C@H](N)c1ccccc1OCc1ccc(F)c(F)c1. The Labute approximate surface area is 117 Å². The van der Waals surface area contributed by atoms with Crippen LogP contribution in [0.3, 0.4) is 0 Å². The van der Waals surface area contributed by atoms with Gasteiger partial charge in [0.05, 0.1) is 0 Å². The van der Waals surface area contributed by atoms with E-state index in [9.17, 15) is 8.78 Å². The van der Waals surface area contributed by atoms with Crippen LogP contribution in [0.2, 0.25) is 0 Å². The van der Waals surface area contributed by atoms with Gasteiger partial charge < -0.3 is 10.5 Å². The number of nitrogens with two attached hydrogens (primary N) is 1. The number of ether oxygens (including phenoxy) is 1. The summed E-state index contributed by atoms with van der Waals surface area (Å²) >= 11 is 0. The molecule has 106 valence electrons. The Morgan fingerprint density at radius 1 is 1.10 bits per heavy atom. The standard InChI is InChI=1S/C16H17F2NO/c1-2-15(19)12-5-3-4-6-16(12)20-10-11-7-8-13(17)14(18)9-11/h3-9,15H,2,10,19H2,1H3/t15-/m0/s1. The Morgan fingerprint density at radius 3 is 2.55 bits per heavy atom. The van der Waals surface area contributed by atoms with Gasteiger partial charge in [0.15, 0.2) is 11.6 Å². The highest BCUT2D eigenvalue weighted by Crippen LogP contribution is 2.26. The molecule has 2 aromatic carbocycles. The van der Waals surface area contributed by atoms with E-state index in [-0.39, 0.29) is 12.6 Å². The van der Waals surface area contributed by atoms with Crippen molar-refractivity contribution in [3.8, 4) is 5.75 Å². The van der Waals surface area contributed by atoms with Gasteiger partial charge in [0.2, 0.25) is 0 Å². The third-order valence-electron chi connectivity index (χ3n) is 3.14. The number of benzene rings is 2. The van der Waals surface area contributed by atoms with Crippen molar-refractivity contribution in [2.45, 2.75) is 26.0 Å². The Kier molecular flexibility index (Phi) is 4.69. The van der Waals surface area contributed by atoms with Crippen LogP contribution in [-0.2, 0) is 6.61 Å². The van der Waals surface area contributed by atoms with Gasteiger partial charge in [-0.25, -0.2) is 8.78 Å². The van der Waals surface area contributed by atoms with E-state index in [1.807, 2.05) is 31.2 Å². The average molecular weight is 277 g/mol. The Hall–Kier alpha value is -1.94. The van der Waals surface area contributed by atoms with Crippen LogP contribution in [-0.4, -0.2) is 0 Å². The Morgan fingerprint density at radius 2 is 1.85 bits per heavy atom. The Balaban J connectivity index is 2.12. The molecule has 0 radical (unpaired) electrons. The van der Waals surface area contributed by atoms with Gasteiger partial charge in [0, 0.05) is 11.6 Å². The van der Waals surface area contributed by atoms with E-state index in [1.165, 1.54) is 6.07 Å². The minimum atomic E-state index is -0.871. The second kappa shape index (κ2) is 6.48. The van der Waals surface area contributed by atoms with Crippen molar-refractivity contribution in [1.82, 2.24) is 0 Å². The van der Waals surface area contributed by atoms with Gasteiger partial charge in [-0.1, -0.05) is 31.2 Å². The largest absolute Gasteiger partial charge is 0.489 e. The van der Waals surface area contributed by atoms with Crippen molar-refractivity contribution >= 4 is 0 Å². The van der Waals surface area contributed by atoms with E-state index in [1.54, 1.807) is 0 Å². The zero-order valence-corrected chi connectivity index (χ0v) is 11.3. The molecule has 2 rings (SSSR count). The highest BCUT2D eigenvalue weighted by Gasteiger charge is 2.10. The van der Waals surface area contributed by atoms with E-state index >= 15 is 0 Å². The molecule has 0 aliphatic carbocycles. The zero-order valence-electron chi connectivity index (χ0n) is 11.3. The number of para-hydroxylation sites is 1. The van der Waals surface area contributed by atoms with E-state index < -0.39 is 11.6 Å². The molecule has 0 amide bonds. The van der Waals surface area contributed by atoms with Gasteiger partial charge in [0.25, 0.3) is 0 Å². The van der Waals surface area contributed by atoms with Crippen LogP contribution in [0.4, 0.5) is 8.78 Å². The summed E-state index contributed by atoms with van der Waals surface area (Å²) in [5.74, 6) is -1.06. The quantitative estimate of drug-likeness (QED) is 0.898. The van der Waals surface area contributed by atoms with Gasteiger partial charge in [-0.15, -0.1) is 0 Å². The van der Waals surface area contributed by atoms with Crippen LogP contribution in [0, 0.1) is 11.6 Å². The molecule has 0 spiro atoms. The molecule has 0 saturated carbocycles. The third kappa shape index (κ3) is 3.33. The Bertz CT molecular complexity index is 586. The van der Waals surface area contributed by atoms with Crippen molar-refractivity contribution in [2.75, 3.05) is 0 Å². The van der Waals surface area contributed by atoms with Crippen molar-refractivity contribution in [1.29, 1.82) is 0 Å². The van der Waals surface area contributed by atoms with Crippen LogP contribution in [0.1, 0.15) is 30.5 Å². The van der Waals surface area contributed by atoms with Crippen molar-refractivity contribution < 1.29 is 13.5 Å². The lowest BCUT2D eigenvalue weighted by atomic mass is 10.0. The summed E-state index contributed by atoms with van der Waals surface area (Å²) in [5.41, 5.74) is 7.51. The lowest BCUT2D eigenvalue weighted by Gasteiger charge is -2.15.